The van der Waals surface area contributed by atoms with Crippen molar-refractivity contribution >= 4 is 17.7 Å². The molecule has 4 nitrogen and oxygen atoms in total. The van der Waals surface area contributed by atoms with Crippen LogP contribution in [0.4, 0.5) is 4.39 Å². The zero-order chi connectivity index (χ0) is 16.9. The van der Waals surface area contributed by atoms with E-state index in [1.807, 2.05) is 18.2 Å². The molecule has 2 N–H and O–H groups in total. The molecule has 0 spiro atoms. The van der Waals surface area contributed by atoms with Crippen molar-refractivity contribution in [1.82, 2.24) is 5.32 Å². The summed E-state index contributed by atoms with van der Waals surface area (Å²) in [7, 11) is 0. The molecule has 0 aliphatic carbocycles. The number of aliphatic hydroxyl groups excluding tert-OH is 1. The smallest absolute Gasteiger partial charge is 0.230 e. The van der Waals surface area contributed by atoms with Crippen LogP contribution < -0.4 is 10.1 Å². The Labute approximate surface area is 144 Å². The van der Waals surface area contributed by atoms with Crippen LogP contribution in [0.15, 0.2) is 47.4 Å². The third kappa shape index (κ3) is 4.27. The van der Waals surface area contributed by atoms with Crippen molar-refractivity contribution < 1.29 is 19.0 Å². The highest BCUT2D eigenvalue weighted by atomic mass is 32.2. The van der Waals surface area contributed by atoms with Gasteiger partial charge in [0.2, 0.25) is 5.91 Å². The summed E-state index contributed by atoms with van der Waals surface area (Å²) in [5, 5.41) is 12.9. The van der Waals surface area contributed by atoms with Gasteiger partial charge in [-0.2, -0.15) is 0 Å². The minimum Gasteiger partial charge on any atom is -0.493 e. The maximum atomic E-state index is 12.8. The lowest BCUT2D eigenvalue weighted by Gasteiger charge is -2.13. The number of hydrogen-bond donors (Lipinski definition) is 2. The van der Waals surface area contributed by atoms with Crippen molar-refractivity contribution in [2.75, 3.05) is 18.9 Å². The molecule has 0 saturated carbocycles. The lowest BCUT2D eigenvalue weighted by Crippen LogP contribution is -2.29. The van der Waals surface area contributed by atoms with Gasteiger partial charge in [-0.05, 0) is 47.5 Å². The maximum Gasteiger partial charge on any atom is 0.230 e. The second-order valence-corrected chi connectivity index (χ2v) is 6.58. The molecule has 1 amide bonds. The van der Waals surface area contributed by atoms with Crippen molar-refractivity contribution in [3.05, 3.63) is 59.4 Å². The SMILES string of the molecule is O=C(CSc1ccc(F)cc1)NCC(O)c1ccc2c(c1)CCO2. The second-order valence-electron chi connectivity index (χ2n) is 5.53. The van der Waals surface area contributed by atoms with Crippen molar-refractivity contribution in [2.24, 2.45) is 0 Å². The minimum atomic E-state index is -0.754. The number of carbonyl (C=O) groups excluding carboxylic acids is 1. The summed E-state index contributed by atoms with van der Waals surface area (Å²) in [5.41, 5.74) is 1.86. The first-order chi connectivity index (χ1) is 11.6. The third-order valence-corrected chi connectivity index (χ3v) is 4.79. The van der Waals surface area contributed by atoms with Crippen LogP contribution in [-0.4, -0.2) is 29.9 Å². The molecule has 0 aromatic heterocycles. The summed E-state index contributed by atoms with van der Waals surface area (Å²) in [4.78, 5) is 12.7. The van der Waals surface area contributed by atoms with E-state index in [9.17, 15) is 14.3 Å². The number of amides is 1. The number of nitrogens with one attached hydrogen (secondary N) is 1. The van der Waals surface area contributed by atoms with Gasteiger partial charge in [0.15, 0.2) is 0 Å². The predicted molar refractivity (Wildman–Crippen MR) is 90.7 cm³/mol. The lowest BCUT2D eigenvalue weighted by molar-refractivity contribution is -0.119. The van der Waals surface area contributed by atoms with Gasteiger partial charge in [-0.3, -0.25) is 4.79 Å². The summed E-state index contributed by atoms with van der Waals surface area (Å²) in [6, 6.07) is 11.6. The summed E-state index contributed by atoms with van der Waals surface area (Å²) < 4.78 is 18.3. The van der Waals surface area contributed by atoms with E-state index in [0.717, 1.165) is 28.2 Å². The van der Waals surface area contributed by atoms with Crippen molar-refractivity contribution in [1.29, 1.82) is 0 Å². The molecule has 2 aromatic carbocycles. The van der Waals surface area contributed by atoms with E-state index in [1.54, 1.807) is 12.1 Å². The molecule has 1 aliphatic rings. The van der Waals surface area contributed by atoms with Crippen LogP contribution in [0.1, 0.15) is 17.2 Å². The molecule has 0 fully saturated rings. The Bertz CT molecular complexity index is 721. The average molecular weight is 347 g/mol. The normalized spacial score (nSPS) is 13.9. The number of aliphatic hydroxyl groups is 1. The minimum absolute atomic E-state index is 0.155. The molecule has 0 bridgehead atoms. The second kappa shape index (κ2) is 7.68. The highest BCUT2D eigenvalue weighted by Gasteiger charge is 2.16. The largest absolute Gasteiger partial charge is 0.493 e. The van der Waals surface area contributed by atoms with Crippen LogP contribution in [0.2, 0.25) is 0 Å². The van der Waals surface area contributed by atoms with Crippen molar-refractivity contribution in [3.63, 3.8) is 0 Å². The van der Waals surface area contributed by atoms with Crippen molar-refractivity contribution in [3.8, 4) is 5.75 Å². The Hall–Kier alpha value is -2.05. The van der Waals surface area contributed by atoms with Gasteiger partial charge in [0, 0.05) is 17.9 Å². The zero-order valence-corrected chi connectivity index (χ0v) is 13.8. The van der Waals surface area contributed by atoms with Gasteiger partial charge in [-0.15, -0.1) is 11.8 Å². The Morgan fingerprint density at radius 1 is 1.29 bits per heavy atom. The third-order valence-electron chi connectivity index (χ3n) is 3.77. The van der Waals surface area contributed by atoms with Crippen LogP contribution >= 0.6 is 11.8 Å². The monoisotopic (exact) mass is 347 g/mol. The van der Waals surface area contributed by atoms with E-state index in [0.29, 0.717) is 6.61 Å². The number of carbonyl (C=O) groups is 1. The zero-order valence-electron chi connectivity index (χ0n) is 13.0. The van der Waals surface area contributed by atoms with Crippen LogP contribution in [0.3, 0.4) is 0 Å². The van der Waals surface area contributed by atoms with Crippen LogP contribution in [0, 0.1) is 5.82 Å². The fourth-order valence-corrected chi connectivity index (χ4v) is 3.20. The number of ether oxygens (including phenoxy) is 1. The topological polar surface area (TPSA) is 58.6 Å². The van der Waals surface area contributed by atoms with E-state index < -0.39 is 6.10 Å². The fourth-order valence-electron chi connectivity index (χ4n) is 2.47. The van der Waals surface area contributed by atoms with Crippen LogP contribution in [0.5, 0.6) is 5.75 Å². The van der Waals surface area contributed by atoms with Crippen LogP contribution in [-0.2, 0) is 11.2 Å². The molecular formula is C18H18FNO3S. The highest BCUT2D eigenvalue weighted by molar-refractivity contribution is 8.00. The number of thioether (sulfide) groups is 1. The molecule has 0 radical (unpaired) electrons. The molecular weight excluding hydrogens is 329 g/mol. The van der Waals surface area contributed by atoms with Gasteiger partial charge in [0.05, 0.1) is 18.5 Å². The summed E-state index contributed by atoms with van der Waals surface area (Å²) >= 11 is 1.32. The number of fused-ring (bicyclic) bond motifs is 1. The molecule has 0 saturated heterocycles. The molecule has 1 heterocycles. The van der Waals surface area contributed by atoms with E-state index in [2.05, 4.69) is 5.32 Å². The Morgan fingerprint density at radius 3 is 2.88 bits per heavy atom. The summed E-state index contributed by atoms with van der Waals surface area (Å²) in [6.45, 7) is 0.828. The fraction of sp³-hybridized carbons (Fsp3) is 0.278. The molecule has 3 rings (SSSR count). The van der Waals surface area contributed by atoms with Crippen molar-refractivity contribution in [2.45, 2.75) is 17.4 Å². The first-order valence-electron chi connectivity index (χ1n) is 7.70. The van der Waals surface area contributed by atoms with Gasteiger partial charge < -0.3 is 15.2 Å². The average Bonchev–Trinajstić information content (AvgIpc) is 3.06. The van der Waals surface area contributed by atoms with Gasteiger partial charge in [-0.25, -0.2) is 4.39 Å². The quantitative estimate of drug-likeness (QED) is 0.789. The molecule has 1 aliphatic heterocycles. The number of hydrogen-bond acceptors (Lipinski definition) is 4. The summed E-state index contributed by atoms with van der Waals surface area (Å²) in [6.07, 6.45) is 0.0898. The molecule has 24 heavy (non-hydrogen) atoms. The molecule has 1 unspecified atom stereocenters. The summed E-state index contributed by atoms with van der Waals surface area (Å²) in [5.74, 6) is 0.612. The Morgan fingerprint density at radius 2 is 2.08 bits per heavy atom. The predicted octanol–water partition coefficient (Wildman–Crippen LogP) is 2.70. The van der Waals surface area contributed by atoms with E-state index >= 15 is 0 Å². The van der Waals surface area contributed by atoms with Crippen LogP contribution in [0.25, 0.3) is 0 Å². The van der Waals surface area contributed by atoms with E-state index in [-0.39, 0.29) is 24.0 Å². The van der Waals surface area contributed by atoms with Gasteiger partial charge in [0.25, 0.3) is 0 Å². The van der Waals surface area contributed by atoms with E-state index in [1.165, 1.54) is 23.9 Å². The number of rotatable bonds is 6. The van der Waals surface area contributed by atoms with E-state index in [4.69, 9.17) is 4.74 Å². The Kier molecular flexibility index (Phi) is 5.37. The molecule has 126 valence electrons. The van der Waals surface area contributed by atoms with Gasteiger partial charge in [0.1, 0.15) is 11.6 Å². The molecule has 6 heteroatoms. The number of halogens is 1. The highest BCUT2D eigenvalue weighted by Crippen LogP contribution is 2.28. The molecule has 2 aromatic rings. The molecule has 1 atom stereocenters. The lowest BCUT2D eigenvalue weighted by atomic mass is 10.0. The first kappa shape index (κ1) is 16.8. The standard InChI is InChI=1S/C18H18FNO3S/c19-14-2-4-15(5-3-14)24-11-18(22)20-10-16(21)12-1-6-17-13(9-12)7-8-23-17/h1-6,9,16,21H,7-8,10-11H2,(H,20,22). The van der Waals surface area contributed by atoms with Gasteiger partial charge >= 0.3 is 0 Å². The maximum absolute atomic E-state index is 12.8. The Balaban J connectivity index is 1.46. The van der Waals surface area contributed by atoms with Gasteiger partial charge in [-0.1, -0.05) is 6.07 Å². The number of benzene rings is 2. The first-order valence-corrected chi connectivity index (χ1v) is 8.69.